The van der Waals surface area contributed by atoms with Crippen LogP contribution in [0, 0.1) is 6.92 Å². The number of hydrogen-bond donors (Lipinski definition) is 0. The van der Waals surface area contributed by atoms with Crippen LogP contribution in [0.4, 0.5) is 0 Å². The van der Waals surface area contributed by atoms with Gasteiger partial charge in [0, 0.05) is 25.1 Å². The number of aryl methyl sites for hydroxylation is 2. The lowest BCUT2D eigenvalue weighted by Crippen LogP contribution is -2.34. The fraction of sp³-hybridized carbons (Fsp3) is 0.360. The zero-order valence-electron chi connectivity index (χ0n) is 19.9. The van der Waals surface area contributed by atoms with E-state index in [2.05, 4.69) is 10.1 Å². The van der Waals surface area contributed by atoms with Crippen LogP contribution < -0.4 is 9.47 Å². The molecule has 0 radical (unpaired) electrons. The molecule has 0 saturated heterocycles. The molecule has 0 saturated carbocycles. The smallest absolute Gasteiger partial charge is 0.306 e. The average molecular weight is 468 g/mol. The van der Waals surface area contributed by atoms with Gasteiger partial charge in [-0.1, -0.05) is 41.1 Å². The Morgan fingerprint density at radius 2 is 1.76 bits per heavy atom. The molecule has 1 aromatic heterocycles. The summed E-state index contributed by atoms with van der Waals surface area (Å²) in [7, 11) is 3.12. The van der Waals surface area contributed by atoms with Crippen molar-refractivity contribution in [1.29, 1.82) is 0 Å². The van der Waals surface area contributed by atoms with Gasteiger partial charge in [0.1, 0.15) is 0 Å². The number of nitrogens with zero attached hydrogens (tertiary/aromatic N) is 3. The van der Waals surface area contributed by atoms with Crippen molar-refractivity contribution in [2.75, 3.05) is 27.4 Å². The van der Waals surface area contributed by atoms with Crippen molar-refractivity contribution in [3.05, 3.63) is 59.5 Å². The van der Waals surface area contributed by atoms with Crippen LogP contribution in [0.5, 0.6) is 11.5 Å². The number of aromatic nitrogens is 2. The molecule has 0 aliphatic carbocycles. The summed E-state index contributed by atoms with van der Waals surface area (Å²) >= 11 is 0. The number of carbonyl (C=O) groups is 2. The van der Waals surface area contributed by atoms with Crippen LogP contribution in [0.1, 0.15) is 30.4 Å². The van der Waals surface area contributed by atoms with Crippen molar-refractivity contribution in [2.24, 2.45) is 0 Å². The maximum Gasteiger partial charge on any atom is 0.306 e. The summed E-state index contributed by atoms with van der Waals surface area (Å²) in [5.41, 5.74) is 2.85. The molecule has 180 valence electrons. The van der Waals surface area contributed by atoms with Gasteiger partial charge in [-0.2, -0.15) is 4.98 Å². The lowest BCUT2D eigenvalue weighted by atomic mass is 10.1. The highest BCUT2D eigenvalue weighted by Crippen LogP contribution is 2.28. The second-order valence-corrected chi connectivity index (χ2v) is 7.64. The molecular weight excluding hydrogens is 438 g/mol. The molecule has 0 fully saturated rings. The zero-order valence-corrected chi connectivity index (χ0v) is 19.9. The number of carbonyl (C=O) groups excluding carboxylic acids is 2. The summed E-state index contributed by atoms with van der Waals surface area (Å²) in [6, 6.07) is 13.2. The lowest BCUT2D eigenvalue weighted by molar-refractivity contribution is -0.152. The summed E-state index contributed by atoms with van der Waals surface area (Å²) in [5.74, 6) is 1.20. The van der Waals surface area contributed by atoms with Crippen LogP contribution in [-0.4, -0.2) is 54.3 Å². The molecule has 3 rings (SSSR count). The van der Waals surface area contributed by atoms with Gasteiger partial charge in [0.25, 0.3) is 5.91 Å². The molecule has 0 bridgehead atoms. The van der Waals surface area contributed by atoms with Crippen molar-refractivity contribution in [2.45, 2.75) is 33.2 Å². The van der Waals surface area contributed by atoms with E-state index in [-0.39, 0.29) is 25.4 Å². The Morgan fingerprint density at radius 1 is 1.03 bits per heavy atom. The fourth-order valence-electron chi connectivity index (χ4n) is 3.27. The minimum absolute atomic E-state index is 0.0324. The van der Waals surface area contributed by atoms with E-state index in [4.69, 9.17) is 18.7 Å². The topological polar surface area (TPSA) is 104 Å². The van der Waals surface area contributed by atoms with E-state index in [9.17, 15) is 9.59 Å². The van der Waals surface area contributed by atoms with Crippen molar-refractivity contribution in [3.8, 4) is 22.9 Å². The molecule has 0 aliphatic rings. The molecule has 0 N–H and O–H groups in total. The second-order valence-electron chi connectivity index (χ2n) is 7.64. The van der Waals surface area contributed by atoms with Crippen LogP contribution in [0.15, 0.2) is 47.0 Å². The highest BCUT2D eigenvalue weighted by Gasteiger charge is 2.17. The molecule has 0 atom stereocenters. The van der Waals surface area contributed by atoms with Crippen LogP contribution in [0.25, 0.3) is 11.4 Å². The van der Waals surface area contributed by atoms with Gasteiger partial charge < -0.3 is 23.6 Å². The molecule has 1 amide bonds. The number of rotatable bonds is 11. The quantitative estimate of drug-likeness (QED) is 0.394. The van der Waals surface area contributed by atoms with E-state index in [0.29, 0.717) is 36.3 Å². The summed E-state index contributed by atoms with van der Waals surface area (Å²) in [6.45, 7) is 4.35. The number of likely N-dealkylation sites (N-methyl/N-ethyl adjacent to an activating group) is 1. The molecule has 9 heteroatoms. The van der Waals surface area contributed by atoms with Gasteiger partial charge in [-0.25, -0.2) is 0 Å². The van der Waals surface area contributed by atoms with Gasteiger partial charge in [0.2, 0.25) is 11.7 Å². The van der Waals surface area contributed by atoms with Crippen molar-refractivity contribution < 1.29 is 28.3 Å². The zero-order chi connectivity index (χ0) is 24.5. The molecule has 3 aromatic rings. The normalized spacial score (nSPS) is 10.6. The monoisotopic (exact) mass is 467 g/mol. The Kier molecular flexibility index (Phi) is 8.61. The first kappa shape index (κ1) is 24.8. The SMILES string of the molecule is CCN(Cc1ccc(OC)c(OC)c1)C(=O)COC(=O)CCc1nc(-c2ccc(C)cc2)no1. The standard InChI is InChI=1S/C25H29N3O6/c1-5-28(15-18-8-11-20(31-3)21(14-18)32-4)23(29)16-33-24(30)13-12-22-26-25(27-34-22)19-9-6-17(2)7-10-19/h6-11,14H,5,12-13,15-16H2,1-4H3. The van der Waals surface area contributed by atoms with Crippen LogP contribution in [-0.2, 0) is 27.3 Å². The minimum atomic E-state index is -0.509. The maximum absolute atomic E-state index is 12.6. The van der Waals surface area contributed by atoms with E-state index in [1.807, 2.05) is 50.2 Å². The third-order valence-corrected chi connectivity index (χ3v) is 5.23. The number of benzene rings is 2. The molecule has 34 heavy (non-hydrogen) atoms. The maximum atomic E-state index is 12.6. The van der Waals surface area contributed by atoms with Gasteiger partial charge >= 0.3 is 5.97 Å². The number of amides is 1. The van der Waals surface area contributed by atoms with E-state index in [1.54, 1.807) is 25.2 Å². The Morgan fingerprint density at radius 3 is 2.44 bits per heavy atom. The first-order valence-electron chi connectivity index (χ1n) is 11.0. The number of hydrogen-bond acceptors (Lipinski definition) is 8. The average Bonchev–Trinajstić information content (AvgIpc) is 3.33. The lowest BCUT2D eigenvalue weighted by Gasteiger charge is -2.21. The highest BCUT2D eigenvalue weighted by molar-refractivity contribution is 5.80. The number of ether oxygens (including phenoxy) is 3. The Labute approximate surface area is 198 Å². The molecule has 0 spiro atoms. The van der Waals surface area contributed by atoms with Gasteiger partial charge in [-0.05, 0) is 31.5 Å². The van der Waals surface area contributed by atoms with Gasteiger partial charge in [-0.15, -0.1) is 0 Å². The first-order chi connectivity index (χ1) is 16.4. The predicted molar refractivity (Wildman–Crippen MR) is 124 cm³/mol. The third-order valence-electron chi connectivity index (χ3n) is 5.23. The van der Waals surface area contributed by atoms with Gasteiger partial charge in [0.15, 0.2) is 18.1 Å². The van der Waals surface area contributed by atoms with Crippen molar-refractivity contribution >= 4 is 11.9 Å². The first-order valence-corrected chi connectivity index (χ1v) is 11.0. The Hall–Kier alpha value is -3.88. The van der Waals surface area contributed by atoms with Crippen molar-refractivity contribution in [3.63, 3.8) is 0 Å². The van der Waals surface area contributed by atoms with E-state index < -0.39 is 5.97 Å². The van der Waals surface area contributed by atoms with Crippen LogP contribution >= 0.6 is 0 Å². The molecule has 2 aromatic carbocycles. The van der Waals surface area contributed by atoms with Gasteiger partial charge in [-0.3, -0.25) is 9.59 Å². The summed E-state index contributed by atoms with van der Waals surface area (Å²) in [4.78, 5) is 30.6. The Bertz CT molecular complexity index is 1110. The van der Waals surface area contributed by atoms with Crippen molar-refractivity contribution in [1.82, 2.24) is 15.0 Å². The third kappa shape index (κ3) is 6.57. The largest absolute Gasteiger partial charge is 0.493 e. The van der Waals surface area contributed by atoms with E-state index in [0.717, 1.165) is 16.7 Å². The van der Waals surface area contributed by atoms with E-state index in [1.165, 1.54) is 0 Å². The summed E-state index contributed by atoms with van der Waals surface area (Å²) in [5, 5.41) is 3.95. The molecule has 0 unspecified atom stereocenters. The Balaban J connectivity index is 1.47. The highest BCUT2D eigenvalue weighted by atomic mass is 16.5. The minimum Gasteiger partial charge on any atom is -0.493 e. The summed E-state index contributed by atoms with van der Waals surface area (Å²) in [6.07, 6.45) is 0.264. The molecule has 1 heterocycles. The predicted octanol–water partition coefficient (Wildman–Crippen LogP) is 3.59. The number of esters is 1. The molecular formula is C25H29N3O6. The van der Waals surface area contributed by atoms with Gasteiger partial charge in [0.05, 0.1) is 20.6 Å². The molecule has 9 nitrogen and oxygen atoms in total. The summed E-state index contributed by atoms with van der Waals surface area (Å²) < 4.78 is 20.9. The fourth-order valence-corrected chi connectivity index (χ4v) is 3.27. The molecule has 0 aliphatic heterocycles. The van der Waals surface area contributed by atoms with E-state index >= 15 is 0 Å². The van der Waals surface area contributed by atoms with Crippen LogP contribution in [0.2, 0.25) is 0 Å². The second kappa shape index (κ2) is 11.8. The van der Waals surface area contributed by atoms with Crippen LogP contribution in [0.3, 0.4) is 0 Å². The number of methoxy groups -OCH3 is 2.